The predicted octanol–water partition coefficient (Wildman–Crippen LogP) is 2.25. The molecule has 0 aliphatic heterocycles. The molecule has 1 aromatic heterocycles. The lowest BCUT2D eigenvalue weighted by molar-refractivity contribution is 0.614. The number of thioether (sulfide) groups is 1. The van der Waals surface area contributed by atoms with E-state index in [0.29, 0.717) is 11.3 Å². The highest BCUT2D eigenvalue weighted by molar-refractivity contribution is 8.00. The topological polar surface area (TPSA) is 75.7 Å². The third kappa shape index (κ3) is 2.80. The van der Waals surface area contributed by atoms with Gasteiger partial charge >= 0.3 is 0 Å². The maximum absolute atomic E-state index is 13.9. The molecule has 0 aliphatic carbocycles. The van der Waals surface area contributed by atoms with Gasteiger partial charge in [0.1, 0.15) is 17.2 Å². The number of nitrogens with one attached hydrogen (secondary N) is 1. The standard InChI is InChI=1S/C10H9FN4S2/c11-8-6(2-1-3-7(8)9(12)13)4-16-10-15-14-5-17-10/h1-3,5H,4H2,(H3,12,13). The second-order valence-corrected chi connectivity index (χ2v) is 5.24. The van der Waals surface area contributed by atoms with Crippen LogP contribution in [0.5, 0.6) is 0 Å². The first kappa shape index (κ1) is 12.0. The monoisotopic (exact) mass is 268 g/mol. The number of aromatic nitrogens is 2. The molecule has 0 atom stereocenters. The minimum absolute atomic E-state index is 0.139. The number of hydrogen-bond acceptors (Lipinski definition) is 5. The van der Waals surface area contributed by atoms with Crippen molar-refractivity contribution in [2.75, 3.05) is 0 Å². The molecule has 0 spiro atoms. The van der Waals surface area contributed by atoms with Gasteiger partial charge in [0.25, 0.3) is 0 Å². The van der Waals surface area contributed by atoms with Crippen LogP contribution in [0.3, 0.4) is 0 Å². The number of halogens is 1. The van der Waals surface area contributed by atoms with Gasteiger partial charge in [0.15, 0.2) is 4.34 Å². The Hall–Kier alpha value is -1.47. The Morgan fingerprint density at radius 2 is 2.35 bits per heavy atom. The van der Waals surface area contributed by atoms with Crippen LogP contribution in [0.4, 0.5) is 4.39 Å². The number of amidine groups is 1. The van der Waals surface area contributed by atoms with Gasteiger partial charge in [0.2, 0.25) is 0 Å². The molecular formula is C10H9FN4S2. The van der Waals surface area contributed by atoms with Gasteiger partial charge in [0.05, 0.1) is 5.56 Å². The number of nitrogens with zero attached hydrogens (tertiary/aromatic N) is 2. The molecule has 0 bridgehead atoms. The van der Waals surface area contributed by atoms with Crippen molar-refractivity contribution in [3.63, 3.8) is 0 Å². The highest BCUT2D eigenvalue weighted by atomic mass is 32.2. The predicted molar refractivity (Wildman–Crippen MR) is 66.9 cm³/mol. The lowest BCUT2D eigenvalue weighted by atomic mass is 10.1. The van der Waals surface area contributed by atoms with Gasteiger partial charge in [-0.1, -0.05) is 35.2 Å². The molecule has 7 heteroatoms. The molecular weight excluding hydrogens is 259 g/mol. The highest BCUT2D eigenvalue weighted by Gasteiger charge is 2.10. The molecule has 3 N–H and O–H groups in total. The number of nitrogens with two attached hydrogens (primary N) is 1. The molecule has 0 saturated carbocycles. The molecule has 0 aliphatic rings. The fraction of sp³-hybridized carbons (Fsp3) is 0.100. The molecule has 2 rings (SSSR count). The summed E-state index contributed by atoms with van der Waals surface area (Å²) < 4.78 is 14.7. The van der Waals surface area contributed by atoms with E-state index in [-0.39, 0.29) is 11.4 Å². The molecule has 2 aromatic rings. The lowest BCUT2D eigenvalue weighted by Gasteiger charge is -2.05. The maximum atomic E-state index is 13.9. The van der Waals surface area contributed by atoms with Gasteiger partial charge in [-0.2, -0.15) is 0 Å². The van der Waals surface area contributed by atoms with Gasteiger partial charge in [-0.15, -0.1) is 10.2 Å². The largest absolute Gasteiger partial charge is 0.384 e. The fourth-order valence-corrected chi connectivity index (χ4v) is 2.73. The van der Waals surface area contributed by atoms with E-state index in [1.54, 1.807) is 17.6 Å². The summed E-state index contributed by atoms with van der Waals surface area (Å²) in [5.41, 5.74) is 7.57. The van der Waals surface area contributed by atoms with Crippen LogP contribution in [0, 0.1) is 11.2 Å². The third-order valence-corrected chi connectivity index (χ3v) is 3.97. The van der Waals surface area contributed by atoms with Crippen LogP contribution in [0.15, 0.2) is 28.0 Å². The minimum atomic E-state index is -0.433. The Bertz CT molecular complexity index is 527. The Kier molecular flexibility index (Phi) is 3.70. The highest BCUT2D eigenvalue weighted by Crippen LogP contribution is 2.25. The molecule has 4 nitrogen and oxygen atoms in total. The van der Waals surface area contributed by atoms with Gasteiger partial charge in [-0.3, -0.25) is 5.41 Å². The molecule has 0 amide bonds. The quantitative estimate of drug-likeness (QED) is 0.506. The summed E-state index contributed by atoms with van der Waals surface area (Å²) in [6.07, 6.45) is 0. The number of hydrogen-bond donors (Lipinski definition) is 2. The first-order chi connectivity index (χ1) is 8.18. The summed E-state index contributed by atoms with van der Waals surface area (Å²) >= 11 is 2.82. The Balaban J connectivity index is 2.16. The van der Waals surface area contributed by atoms with Crippen molar-refractivity contribution < 1.29 is 4.39 Å². The van der Waals surface area contributed by atoms with Crippen molar-refractivity contribution in [1.82, 2.24) is 10.2 Å². The maximum Gasteiger partial charge on any atom is 0.174 e. The number of benzene rings is 1. The van der Waals surface area contributed by atoms with Crippen molar-refractivity contribution >= 4 is 28.9 Å². The van der Waals surface area contributed by atoms with Crippen LogP contribution < -0.4 is 5.73 Å². The van der Waals surface area contributed by atoms with E-state index in [1.165, 1.54) is 29.2 Å². The second-order valence-electron chi connectivity index (χ2n) is 3.19. The molecule has 17 heavy (non-hydrogen) atoms. The summed E-state index contributed by atoms with van der Waals surface area (Å²) in [5, 5.41) is 14.8. The summed E-state index contributed by atoms with van der Waals surface area (Å²) in [7, 11) is 0. The van der Waals surface area contributed by atoms with E-state index in [1.807, 2.05) is 0 Å². The fourth-order valence-electron chi connectivity index (χ4n) is 1.26. The summed E-state index contributed by atoms with van der Waals surface area (Å²) in [4.78, 5) is 0. The molecule has 0 saturated heterocycles. The van der Waals surface area contributed by atoms with E-state index in [4.69, 9.17) is 11.1 Å². The van der Waals surface area contributed by atoms with Gasteiger partial charge in [0, 0.05) is 5.75 Å². The normalized spacial score (nSPS) is 10.4. The molecule has 1 aromatic carbocycles. The average Bonchev–Trinajstić information content (AvgIpc) is 2.80. The molecule has 0 fully saturated rings. The van der Waals surface area contributed by atoms with Gasteiger partial charge < -0.3 is 5.73 Å². The van der Waals surface area contributed by atoms with Gasteiger partial charge in [-0.25, -0.2) is 4.39 Å². The number of rotatable bonds is 4. The zero-order valence-electron chi connectivity index (χ0n) is 8.68. The summed E-state index contributed by atoms with van der Waals surface area (Å²) in [5.74, 6) is -0.246. The number of nitrogen functional groups attached to an aromatic ring is 1. The molecule has 0 unspecified atom stereocenters. The van der Waals surface area contributed by atoms with E-state index >= 15 is 0 Å². The molecule has 88 valence electrons. The summed E-state index contributed by atoms with van der Waals surface area (Å²) in [6, 6.07) is 4.86. The minimum Gasteiger partial charge on any atom is -0.384 e. The van der Waals surface area contributed by atoms with E-state index < -0.39 is 5.82 Å². The van der Waals surface area contributed by atoms with Crippen molar-refractivity contribution in [2.45, 2.75) is 10.1 Å². The third-order valence-electron chi connectivity index (χ3n) is 2.06. The van der Waals surface area contributed by atoms with E-state index in [2.05, 4.69) is 10.2 Å². The van der Waals surface area contributed by atoms with Crippen molar-refractivity contribution in [1.29, 1.82) is 5.41 Å². The SMILES string of the molecule is N=C(N)c1cccc(CSc2nncs2)c1F. The van der Waals surface area contributed by atoms with Crippen LogP contribution in [0.1, 0.15) is 11.1 Å². The molecule has 1 heterocycles. The van der Waals surface area contributed by atoms with E-state index in [9.17, 15) is 4.39 Å². The van der Waals surface area contributed by atoms with E-state index in [0.717, 1.165) is 4.34 Å². The Morgan fingerprint density at radius 1 is 1.53 bits per heavy atom. The van der Waals surface area contributed by atoms with Crippen LogP contribution in [0.2, 0.25) is 0 Å². The molecule has 0 radical (unpaired) electrons. The zero-order chi connectivity index (χ0) is 12.3. The van der Waals surface area contributed by atoms with Crippen molar-refractivity contribution in [3.05, 3.63) is 40.7 Å². The van der Waals surface area contributed by atoms with Crippen molar-refractivity contribution in [3.8, 4) is 0 Å². The smallest absolute Gasteiger partial charge is 0.174 e. The Labute approximate surface area is 106 Å². The first-order valence-electron chi connectivity index (χ1n) is 4.69. The lowest BCUT2D eigenvalue weighted by Crippen LogP contribution is -2.14. The van der Waals surface area contributed by atoms with Gasteiger partial charge in [-0.05, 0) is 11.6 Å². The first-order valence-corrected chi connectivity index (χ1v) is 6.55. The van der Waals surface area contributed by atoms with Crippen LogP contribution in [-0.4, -0.2) is 16.0 Å². The zero-order valence-corrected chi connectivity index (χ0v) is 10.3. The second kappa shape index (κ2) is 5.24. The van der Waals surface area contributed by atoms with Crippen LogP contribution >= 0.6 is 23.1 Å². The van der Waals surface area contributed by atoms with Crippen molar-refractivity contribution in [2.24, 2.45) is 5.73 Å². The van der Waals surface area contributed by atoms with Crippen LogP contribution in [-0.2, 0) is 5.75 Å². The Morgan fingerprint density at radius 3 is 3.00 bits per heavy atom. The van der Waals surface area contributed by atoms with Crippen LogP contribution in [0.25, 0.3) is 0 Å². The summed E-state index contributed by atoms with van der Waals surface area (Å²) in [6.45, 7) is 0. The average molecular weight is 268 g/mol.